The van der Waals surface area contributed by atoms with E-state index in [9.17, 15) is 14.2 Å². The molecule has 0 aliphatic carbocycles. The number of phosphoric ester groups is 1. The van der Waals surface area contributed by atoms with Gasteiger partial charge < -0.3 is 15.2 Å². The summed E-state index contributed by atoms with van der Waals surface area (Å²) in [5, 5.41) is 0. The summed E-state index contributed by atoms with van der Waals surface area (Å²) in [6.07, 6.45) is 37.4. The van der Waals surface area contributed by atoms with E-state index in [0.29, 0.717) is 6.42 Å². The fourth-order valence-electron chi connectivity index (χ4n) is 6.51. The molecule has 316 valence electrons. The molecule has 0 fully saturated rings. The number of hydrogen-bond acceptors (Lipinski definition) is 9. The molecule has 2 atom stereocenters. The van der Waals surface area contributed by atoms with Crippen LogP contribution in [-0.2, 0) is 37.2 Å². The summed E-state index contributed by atoms with van der Waals surface area (Å²) in [5.74, 6) is -0.726. The second-order valence-corrected chi connectivity index (χ2v) is 16.6. The minimum atomic E-state index is -3.89. The Morgan fingerprint density at radius 2 is 0.830 bits per heavy atom. The van der Waals surface area contributed by atoms with E-state index in [1.165, 1.54) is 154 Å². The third kappa shape index (κ3) is 37.7. The highest BCUT2D eigenvalue weighted by atomic mass is 31.2. The number of unbranched alkanes of at least 4 members (excludes halogenated alkanes) is 28. The molecule has 0 amide bonds. The molecule has 10 heteroatoms. The smallest absolute Gasteiger partial charge is 0.462 e. The van der Waals surface area contributed by atoms with Crippen molar-refractivity contribution in [1.29, 1.82) is 0 Å². The van der Waals surface area contributed by atoms with Crippen LogP contribution in [0, 0.1) is 0 Å². The zero-order chi connectivity index (χ0) is 38.9. The highest BCUT2D eigenvalue weighted by Crippen LogP contribution is 2.49. The van der Waals surface area contributed by atoms with Crippen LogP contribution < -0.4 is 5.73 Å². The number of carbonyl (C=O) groups excluding carboxylic acids is 2. The van der Waals surface area contributed by atoms with Crippen molar-refractivity contribution in [3.8, 4) is 0 Å². The molecule has 0 rings (SSSR count). The Hall–Kier alpha value is -0.990. The Labute approximate surface area is 327 Å². The first-order chi connectivity index (χ1) is 25.9. The van der Waals surface area contributed by atoms with Crippen molar-refractivity contribution in [2.24, 2.45) is 5.73 Å². The van der Waals surface area contributed by atoms with Gasteiger partial charge in [-0.2, -0.15) is 0 Å². The predicted molar refractivity (Wildman–Crippen MR) is 220 cm³/mol. The van der Waals surface area contributed by atoms with Crippen LogP contribution in [0.2, 0.25) is 0 Å². The van der Waals surface area contributed by atoms with E-state index in [2.05, 4.69) is 13.8 Å². The Balaban J connectivity index is 4.28. The normalized spacial score (nSPS) is 13.2. The van der Waals surface area contributed by atoms with E-state index in [1.54, 1.807) is 6.92 Å². The van der Waals surface area contributed by atoms with Crippen molar-refractivity contribution in [1.82, 2.24) is 0 Å². The summed E-state index contributed by atoms with van der Waals surface area (Å²) in [7, 11) is -3.89. The number of hydrogen-bond donors (Lipinski definition) is 1. The summed E-state index contributed by atoms with van der Waals surface area (Å²) in [6.45, 7) is 6.00. The van der Waals surface area contributed by atoms with Gasteiger partial charge in [0.2, 0.25) is 0 Å². The molecule has 0 spiro atoms. The molecule has 9 nitrogen and oxygen atoms in total. The quantitative estimate of drug-likeness (QED) is 0.0366. The lowest BCUT2D eigenvalue weighted by molar-refractivity contribution is -0.161. The fourth-order valence-corrected chi connectivity index (χ4v) is 7.73. The third-order valence-electron chi connectivity index (χ3n) is 9.77. The Kier molecular flexibility index (Phi) is 39.9. The van der Waals surface area contributed by atoms with Crippen molar-refractivity contribution in [2.75, 3.05) is 33.0 Å². The van der Waals surface area contributed by atoms with E-state index in [4.69, 9.17) is 28.8 Å². The Bertz CT molecular complexity index is 845. The van der Waals surface area contributed by atoms with Crippen LogP contribution >= 0.6 is 7.82 Å². The molecule has 53 heavy (non-hydrogen) atoms. The van der Waals surface area contributed by atoms with Crippen molar-refractivity contribution in [3.63, 3.8) is 0 Å². The van der Waals surface area contributed by atoms with Gasteiger partial charge in [-0.05, 0) is 19.8 Å². The molecule has 0 aliphatic rings. The zero-order valence-electron chi connectivity index (χ0n) is 35.0. The first-order valence-corrected chi connectivity index (χ1v) is 24.0. The molecule has 0 bridgehead atoms. The third-order valence-corrected chi connectivity index (χ3v) is 11.3. The fraction of sp³-hybridized carbons (Fsp3) is 0.953. The second kappa shape index (κ2) is 40.7. The van der Waals surface area contributed by atoms with Gasteiger partial charge in [0.05, 0.1) is 19.8 Å². The molecule has 0 saturated carbocycles. The second-order valence-electron chi connectivity index (χ2n) is 15.0. The number of rotatable bonds is 43. The van der Waals surface area contributed by atoms with Gasteiger partial charge in [0.25, 0.3) is 0 Å². The van der Waals surface area contributed by atoms with E-state index in [1.807, 2.05) is 0 Å². The Morgan fingerprint density at radius 1 is 0.472 bits per heavy atom. The molecule has 0 saturated heterocycles. The molecule has 0 aromatic rings. The van der Waals surface area contributed by atoms with Gasteiger partial charge in [-0.1, -0.05) is 194 Å². The molecule has 0 radical (unpaired) electrons. The van der Waals surface area contributed by atoms with Crippen LogP contribution in [0.1, 0.15) is 226 Å². The van der Waals surface area contributed by atoms with Crippen LogP contribution in [0.4, 0.5) is 0 Å². The van der Waals surface area contributed by atoms with Gasteiger partial charge in [0, 0.05) is 19.4 Å². The van der Waals surface area contributed by atoms with Gasteiger partial charge in [-0.15, -0.1) is 0 Å². The molecular formula is C43H86NO8P. The maximum Gasteiger partial charge on any atom is 0.474 e. The molecular weight excluding hydrogens is 689 g/mol. The van der Waals surface area contributed by atoms with E-state index < -0.39 is 13.9 Å². The summed E-state index contributed by atoms with van der Waals surface area (Å²) in [5.41, 5.74) is 5.50. The van der Waals surface area contributed by atoms with Crippen LogP contribution in [0.5, 0.6) is 0 Å². The summed E-state index contributed by atoms with van der Waals surface area (Å²) in [6, 6.07) is 0. The minimum absolute atomic E-state index is 0.00480. The highest BCUT2D eigenvalue weighted by molar-refractivity contribution is 7.48. The topological polar surface area (TPSA) is 123 Å². The van der Waals surface area contributed by atoms with Gasteiger partial charge >= 0.3 is 19.8 Å². The first kappa shape index (κ1) is 52.0. The van der Waals surface area contributed by atoms with Crippen molar-refractivity contribution in [2.45, 2.75) is 232 Å². The van der Waals surface area contributed by atoms with Crippen LogP contribution in [0.25, 0.3) is 0 Å². The number of phosphoric acid groups is 1. The van der Waals surface area contributed by atoms with Crippen LogP contribution in [0.15, 0.2) is 0 Å². The summed E-state index contributed by atoms with van der Waals surface area (Å²) in [4.78, 5) is 25.2. The minimum Gasteiger partial charge on any atom is -0.462 e. The van der Waals surface area contributed by atoms with Crippen LogP contribution in [-0.4, -0.2) is 51.0 Å². The summed E-state index contributed by atoms with van der Waals surface area (Å²) < 4.78 is 40.0. The average molecular weight is 776 g/mol. The van der Waals surface area contributed by atoms with Gasteiger partial charge in [0.1, 0.15) is 6.61 Å². The lowest BCUT2D eigenvalue weighted by Crippen LogP contribution is -2.29. The van der Waals surface area contributed by atoms with Crippen molar-refractivity contribution >= 4 is 19.8 Å². The maximum atomic E-state index is 12.9. The van der Waals surface area contributed by atoms with Gasteiger partial charge in [0.15, 0.2) is 6.10 Å². The number of ether oxygens (including phenoxy) is 2. The lowest BCUT2D eigenvalue weighted by atomic mass is 10.0. The van der Waals surface area contributed by atoms with Gasteiger partial charge in [-0.25, -0.2) is 4.57 Å². The lowest BCUT2D eigenvalue weighted by Gasteiger charge is -2.22. The number of esters is 2. The van der Waals surface area contributed by atoms with E-state index >= 15 is 0 Å². The standard InChI is InChI=1S/C43H86NO8P/c1-4-7-9-11-13-15-17-19-21-23-25-27-29-31-33-35-42(45)48-39-41(40-51-53(47,49-6-3)50-38-37-44)52-43(46)36-34-32-30-28-26-24-22-20-18-16-14-12-10-8-5-2/h41H,4-40,44H2,1-3H3/t41-,53?/m0/s1. The van der Waals surface area contributed by atoms with Crippen molar-refractivity contribution < 1.29 is 37.2 Å². The van der Waals surface area contributed by atoms with E-state index in [-0.39, 0.29) is 51.3 Å². The predicted octanol–water partition coefficient (Wildman–Crippen LogP) is 13.1. The number of carbonyl (C=O) groups is 2. The monoisotopic (exact) mass is 776 g/mol. The molecule has 1 unspecified atom stereocenters. The highest BCUT2D eigenvalue weighted by Gasteiger charge is 2.29. The average Bonchev–Trinajstić information content (AvgIpc) is 3.15. The van der Waals surface area contributed by atoms with Crippen LogP contribution in [0.3, 0.4) is 0 Å². The molecule has 0 aromatic carbocycles. The zero-order valence-corrected chi connectivity index (χ0v) is 35.9. The molecule has 0 aromatic heterocycles. The SMILES string of the molecule is CCCCCCCCCCCCCCCCCC(=O)OC[C@@H](COP(=O)(OCC)OCCN)OC(=O)CCCCCCCCCCCCCCCCC. The first-order valence-electron chi connectivity index (χ1n) is 22.5. The maximum absolute atomic E-state index is 12.9. The molecule has 2 N–H and O–H groups in total. The molecule has 0 heterocycles. The summed E-state index contributed by atoms with van der Waals surface area (Å²) >= 11 is 0. The number of nitrogens with two attached hydrogens (primary N) is 1. The molecule has 0 aliphatic heterocycles. The Morgan fingerprint density at radius 3 is 1.19 bits per heavy atom. The van der Waals surface area contributed by atoms with Gasteiger partial charge in [-0.3, -0.25) is 23.2 Å². The van der Waals surface area contributed by atoms with E-state index in [0.717, 1.165) is 38.5 Å². The largest absolute Gasteiger partial charge is 0.474 e. The van der Waals surface area contributed by atoms with Crippen molar-refractivity contribution in [3.05, 3.63) is 0 Å².